The lowest BCUT2D eigenvalue weighted by atomic mass is 10.3. The van der Waals surface area contributed by atoms with Crippen molar-refractivity contribution in [3.63, 3.8) is 0 Å². The van der Waals surface area contributed by atoms with Gasteiger partial charge in [0.2, 0.25) is 5.16 Å². The Kier molecular flexibility index (Phi) is 3.62. The van der Waals surface area contributed by atoms with Gasteiger partial charge < -0.3 is 0 Å². The molecular weight excluding hydrogens is 208 g/mol. The average molecular weight is 222 g/mol. The molecule has 1 aromatic rings. The van der Waals surface area contributed by atoms with Gasteiger partial charge in [-0.15, -0.1) is 17.4 Å². The SMILES string of the molecule is C#CCCSc1nnnn1C1CCCC1. The normalized spacial score (nSPS) is 16.7. The summed E-state index contributed by atoms with van der Waals surface area (Å²) in [6, 6.07) is 0.508. The van der Waals surface area contributed by atoms with Crippen molar-refractivity contribution in [2.24, 2.45) is 0 Å². The van der Waals surface area contributed by atoms with Gasteiger partial charge in [-0.25, -0.2) is 4.68 Å². The summed E-state index contributed by atoms with van der Waals surface area (Å²) in [6.07, 6.45) is 11.0. The van der Waals surface area contributed by atoms with Crippen LogP contribution in [-0.2, 0) is 0 Å². The average Bonchev–Trinajstić information content (AvgIpc) is 2.87. The fourth-order valence-electron chi connectivity index (χ4n) is 1.86. The summed E-state index contributed by atoms with van der Waals surface area (Å²) in [6.45, 7) is 0. The molecular formula is C10H14N4S. The van der Waals surface area contributed by atoms with E-state index in [1.54, 1.807) is 11.8 Å². The third kappa shape index (κ3) is 2.51. The smallest absolute Gasteiger partial charge is 0.209 e. The van der Waals surface area contributed by atoms with Crippen LogP contribution in [0.3, 0.4) is 0 Å². The summed E-state index contributed by atoms with van der Waals surface area (Å²) >= 11 is 1.65. The van der Waals surface area contributed by atoms with E-state index in [9.17, 15) is 0 Å². The van der Waals surface area contributed by atoms with Crippen LogP contribution in [0, 0.1) is 12.3 Å². The number of tetrazole rings is 1. The second kappa shape index (κ2) is 5.17. The maximum Gasteiger partial charge on any atom is 0.209 e. The summed E-state index contributed by atoms with van der Waals surface area (Å²) in [7, 11) is 0. The third-order valence-electron chi connectivity index (χ3n) is 2.61. The summed E-state index contributed by atoms with van der Waals surface area (Å²) in [5.74, 6) is 3.51. The summed E-state index contributed by atoms with van der Waals surface area (Å²) < 4.78 is 1.97. The predicted octanol–water partition coefficient (Wildman–Crippen LogP) is 1.90. The van der Waals surface area contributed by atoms with Gasteiger partial charge in [0.05, 0.1) is 6.04 Å². The van der Waals surface area contributed by atoms with Gasteiger partial charge in [0.25, 0.3) is 0 Å². The van der Waals surface area contributed by atoms with Crippen LogP contribution < -0.4 is 0 Å². The fourth-order valence-corrected chi connectivity index (χ4v) is 2.67. The molecule has 0 radical (unpaired) electrons. The van der Waals surface area contributed by atoms with Gasteiger partial charge in [0.1, 0.15) is 0 Å². The lowest BCUT2D eigenvalue weighted by Gasteiger charge is -2.09. The van der Waals surface area contributed by atoms with E-state index in [-0.39, 0.29) is 0 Å². The molecule has 1 fully saturated rings. The van der Waals surface area contributed by atoms with Crippen molar-refractivity contribution >= 4 is 11.8 Å². The van der Waals surface area contributed by atoms with Crippen molar-refractivity contribution in [1.82, 2.24) is 20.2 Å². The largest absolute Gasteiger partial charge is 0.217 e. The summed E-state index contributed by atoms with van der Waals surface area (Å²) in [4.78, 5) is 0. The molecule has 0 saturated heterocycles. The third-order valence-corrected chi connectivity index (χ3v) is 3.55. The standard InChI is InChI=1S/C10H14N4S/c1-2-3-8-15-10-11-12-13-14(10)9-6-4-5-7-9/h1,9H,3-8H2. The van der Waals surface area contributed by atoms with E-state index in [1.807, 2.05) is 4.68 Å². The van der Waals surface area contributed by atoms with Gasteiger partial charge in [-0.2, -0.15) is 0 Å². The van der Waals surface area contributed by atoms with Crippen molar-refractivity contribution in [3.8, 4) is 12.3 Å². The van der Waals surface area contributed by atoms with Crippen LogP contribution >= 0.6 is 11.8 Å². The molecule has 1 aliphatic carbocycles. The minimum atomic E-state index is 0.508. The van der Waals surface area contributed by atoms with E-state index in [1.165, 1.54) is 25.7 Å². The molecule has 0 spiro atoms. The first-order valence-corrected chi connectivity index (χ1v) is 6.24. The lowest BCUT2D eigenvalue weighted by Crippen LogP contribution is -2.08. The van der Waals surface area contributed by atoms with Crippen molar-refractivity contribution < 1.29 is 0 Å². The van der Waals surface area contributed by atoms with Crippen molar-refractivity contribution in [1.29, 1.82) is 0 Å². The van der Waals surface area contributed by atoms with Crippen LogP contribution in [0.1, 0.15) is 38.1 Å². The first-order chi connectivity index (χ1) is 7.42. The maximum atomic E-state index is 5.21. The molecule has 0 unspecified atom stereocenters. The number of thioether (sulfide) groups is 1. The Labute approximate surface area is 93.8 Å². The van der Waals surface area contributed by atoms with Gasteiger partial charge >= 0.3 is 0 Å². The zero-order valence-corrected chi connectivity index (χ0v) is 9.41. The maximum absolute atomic E-state index is 5.21. The Morgan fingerprint density at radius 1 is 1.47 bits per heavy atom. The zero-order valence-electron chi connectivity index (χ0n) is 8.59. The molecule has 1 saturated carbocycles. The Morgan fingerprint density at radius 3 is 3.00 bits per heavy atom. The highest BCUT2D eigenvalue weighted by Crippen LogP contribution is 2.31. The van der Waals surface area contributed by atoms with Crippen molar-refractivity contribution in [2.45, 2.75) is 43.3 Å². The fraction of sp³-hybridized carbons (Fsp3) is 0.700. The number of terminal acetylenes is 1. The molecule has 0 amide bonds. The van der Waals surface area contributed by atoms with Crippen LogP contribution in [0.15, 0.2) is 5.16 Å². The van der Waals surface area contributed by atoms with Gasteiger partial charge in [-0.05, 0) is 23.3 Å². The molecule has 15 heavy (non-hydrogen) atoms. The number of rotatable bonds is 4. The molecule has 1 aliphatic rings. The van der Waals surface area contributed by atoms with Crippen LogP contribution in [0.2, 0.25) is 0 Å². The molecule has 1 aromatic heterocycles. The van der Waals surface area contributed by atoms with E-state index in [0.717, 1.165) is 17.3 Å². The van der Waals surface area contributed by atoms with E-state index in [0.29, 0.717) is 6.04 Å². The molecule has 80 valence electrons. The zero-order chi connectivity index (χ0) is 10.5. The molecule has 1 heterocycles. The topological polar surface area (TPSA) is 43.6 Å². The van der Waals surface area contributed by atoms with Crippen LogP contribution in [0.4, 0.5) is 0 Å². The molecule has 0 aliphatic heterocycles. The molecule has 5 heteroatoms. The quantitative estimate of drug-likeness (QED) is 0.443. The van der Waals surface area contributed by atoms with Crippen LogP contribution in [-0.4, -0.2) is 26.0 Å². The lowest BCUT2D eigenvalue weighted by molar-refractivity contribution is 0.423. The van der Waals surface area contributed by atoms with Gasteiger partial charge in [-0.3, -0.25) is 0 Å². The molecule has 0 aromatic carbocycles. The first-order valence-electron chi connectivity index (χ1n) is 5.26. The Balaban J connectivity index is 1.98. The number of aromatic nitrogens is 4. The number of nitrogens with zero attached hydrogens (tertiary/aromatic N) is 4. The van der Waals surface area contributed by atoms with Crippen LogP contribution in [0.5, 0.6) is 0 Å². The number of hydrogen-bond donors (Lipinski definition) is 0. The van der Waals surface area contributed by atoms with Crippen LogP contribution in [0.25, 0.3) is 0 Å². The summed E-state index contributed by atoms with van der Waals surface area (Å²) in [5, 5.41) is 12.7. The second-order valence-electron chi connectivity index (χ2n) is 3.65. The van der Waals surface area contributed by atoms with E-state index >= 15 is 0 Å². The molecule has 4 nitrogen and oxygen atoms in total. The van der Waals surface area contributed by atoms with Gasteiger partial charge in [0, 0.05) is 12.2 Å². The highest BCUT2D eigenvalue weighted by atomic mass is 32.2. The second-order valence-corrected chi connectivity index (χ2v) is 4.71. The van der Waals surface area contributed by atoms with E-state index < -0.39 is 0 Å². The Bertz CT molecular complexity index is 349. The van der Waals surface area contributed by atoms with Crippen molar-refractivity contribution in [3.05, 3.63) is 0 Å². The summed E-state index contributed by atoms with van der Waals surface area (Å²) in [5.41, 5.74) is 0. The molecule has 0 bridgehead atoms. The highest BCUT2D eigenvalue weighted by molar-refractivity contribution is 7.99. The highest BCUT2D eigenvalue weighted by Gasteiger charge is 2.21. The first kappa shape index (κ1) is 10.5. The van der Waals surface area contributed by atoms with Gasteiger partial charge in [-0.1, -0.05) is 24.6 Å². The van der Waals surface area contributed by atoms with Crippen molar-refractivity contribution in [2.75, 3.05) is 5.75 Å². The molecule has 2 rings (SSSR count). The predicted molar refractivity (Wildman–Crippen MR) is 59.5 cm³/mol. The van der Waals surface area contributed by atoms with E-state index in [4.69, 9.17) is 6.42 Å². The number of hydrogen-bond acceptors (Lipinski definition) is 4. The minimum Gasteiger partial charge on any atom is -0.217 e. The Hall–Kier alpha value is -1.02. The Morgan fingerprint density at radius 2 is 2.27 bits per heavy atom. The van der Waals surface area contributed by atoms with Gasteiger partial charge in [0.15, 0.2) is 0 Å². The monoisotopic (exact) mass is 222 g/mol. The molecule has 0 atom stereocenters. The minimum absolute atomic E-state index is 0.508. The van der Waals surface area contributed by atoms with E-state index in [2.05, 4.69) is 21.4 Å². The molecule has 0 N–H and O–H groups in total.